The number of methoxy groups -OCH3 is 1. The Hall–Kier alpha value is -3.08. The number of amides is 1. The number of benzene rings is 2. The molecule has 0 saturated heterocycles. The van der Waals surface area contributed by atoms with Crippen LogP contribution < -0.4 is 10.1 Å². The highest BCUT2D eigenvalue weighted by atomic mass is 16.5. The molecule has 0 aliphatic carbocycles. The molecule has 0 saturated carbocycles. The highest BCUT2D eigenvalue weighted by molar-refractivity contribution is 5.97. The number of nitrogens with one attached hydrogen (secondary N) is 1. The third-order valence-corrected chi connectivity index (χ3v) is 4.45. The van der Waals surface area contributed by atoms with Crippen LogP contribution in [0, 0.1) is 0 Å². The summed E-state index contributed by atoms with van der Waals surface area (Å²) in [6.07, 6.45) is 2.11. The standard InChI is InChI=1S/C19H16N2O3/c1-24-18-8-14-13(9-19(23)21-16(14)10-17(18)22)11-6-7-20-15-5-3-2-4-12(11)15/h2-8,10,13,22H,9H2,1H3,(H,21,23)/t13-/m0/s1. The summed E-state index contributed by atoms with van der Waals surface area (Å²) < 4.78 is 5.23. The Morgan fingerprint density at radius 1 is 1.21 bits per heavy atom. The first-order valence-electron chi connectivity index (χ1n) is 7.72. The third kappa shape index (κ3) is 2.25. The van der Waals surface area contributed by atoms with Crippen LogP contribution in [0.25, 0.3) is 10.9 Å². The molecule has 0 bridgehead atoms. The van der Waals surface area contributed by atoms with Gasteiger partial charge in [0, 0.05) is 35.7 Å². The number of pyridine rings is 1. The van der Waals surface area contributed by atoms with Crippen molar-refractivity contribution in [3.8, 4) is 11.5 Å². The first-order valence-corrected chi connectivity index (χ1v) is 7.72. The van der Waals surface area contributed by atoms with E-state index in [2.05, 4.69) is 10.3 Å². The molecule has 0 fully saturated rings. The third-order valence-electron chi connectivity index (χ3n) is 4.45. The van der Waals surface area contributed by atoms with Crippen molar-refractivity contribution >= 4 is 22.5 Å². The summed E-state index contributed by atoms with van der Waals surface area (Å²) in [7, 11) is 1.51. The zero-order chi connectivity index (χ0) is 16.7. The molecule has 24 heavy (non-hydrogen) atoms. The number of hydrogen-bond acceptors (Lipinski definition) is 4. The summed E-state index contributed by atoms with van der Waals surface area (Å²) in [5.41, 5.74) is 3.49. The molecule has 0 radical (unpaired) electrons. The number of ether oxygens (including phenoxy) is 1. The maximum absolute atomic E-state index is 12.2. The summed E-state index contributed by atoms with van der Waals surface area (Å²) in [5, 5.41) is 13.9. The van der Waals surface area contributed by atoms with Gasteiger partial charge in [-0.15, -0.1) is 0 Å². The maximum atomic E-state index is 12.2. The highest BCUT2D eigenvalue weighted by Crippen LogP contribution is 2.43. The molecule has 0 unspecified atom stereocenters. The number of carbonyl (C=O) groups is 1. The van der Waals surface area contributed by atoms with Crippen molar-refractivity contribution < 1.29 is 14.6 Å². The molecule has 5 nitrogen and oxygen atoms in total. The normalized spacial score (nSPS) is 16.5. The molecule has 3 aromatic rings. The van der Waals surface area contributed by atoms with Gasteiger partial charge in [-0.3, -0.25) is 9.78 Å². The van der Waals surface area contributed by atoms with Gasteiger partial charge in [-0.2, -0.15) is 0 Å². The number of anilines is 1. The SMILES string of the molecule is COc1cc2c(cc1O)NC(=O)C[C@H]2c1ccnc2ccccc12. The minimum atomic E-state index is -0.115. The van der Waals surface area contributed by atoms with E-state index in [-0.39, 0.29) is 17.6 Å². The Kier molecular flexibility index (Phi) is 3.34. The van der Waals surface area contributed by atoms with Gasteiger partial charge in [0.2, 0.25) is 5.91 Å². The first kappa shape index (κ1) is 14.5. The molecule has 5 heteroatoms. The topological polar surface area (TPSA) is 71.5 Å². The lowest BCUT2D eigenvalue weighted by Gasteiger charge is -2.27. The van der Waals surface area contributed by atoms with Crippen LogP contribution in [0.2, 0.25) is 0 Å². The molecule has 2 heterocycles. The molecular formula is C19H16N2O3. The number of carbonyl (C=O) groups excluding carboxylic acids is 1. The molecule has 120 valence electrons. The van der Waals surface area contributed by atoms with Crippen LogP contribution >= 0.6 is 0 Å². The zero-order valence-corrected chi connectivity index (χ0v) is 13.1. The van der Waals surface area contributed by atoms with Crippen molar-refractivity contribution in [3.05, 3.63) is 59.8 Å². The largest absolute Gasteiger partial charge is 0.504 e. The minimum absolute atomic E-state index is 0.0109. The Balaban J connectivity index is 1.95. The number of aromatic hydroxyl groups is 1. The Labute approximate surface area is 138 Å². The molecular weight excluding hydrogens is 304 g/mol. The average molecular weight is 320 g/mol. The van der Waals surface area contributed by atoms with Gasteiger partial charge in [0.05, 0.1) is 12.6 Å². The lowest BCUT2D eigenvalue weighted by molar-refractivity contribution is -0.116. The number of rotatable bonds is 2. The number of fused-ring (bicyclic) bond motifs is 2. The average Bonchev–Trinajstić information content (AvgIpc) is 2.60. The number of para-hydroxylation sites is 1. The molecule has 1 amide bonds. The minimum Gasteiger partial charge on any atom is -0.504 e. The predicted octanol–water partition coefficient (Wildman–Crippen LogP) is 3.42. The van der Waals surface area contributed by atoms with Gasteiger partial charge in [0.15, 0.2) is 11.5 Å². The van der Waals surface area contributed by atoms with Gasteiger partial charge in [-0.1, -0.05) is 18.2 Å². The van der Waals surface area contributed by atoms with Crippen LogP contribution in [0.3, 0.4) is 0 Å². The van der Waals surface area contributed by atoms with Crippen molar-refractivity contribution in [1.82, 2.24) is 4.98 Å². The van der Waals surface area contributed by atoms with Gasteiger partial charge in [-0.25, -0.2) is 0 Å². The van der Waals surface area contributed by atoms with Crippen molar-refractivity contribution in [2.75, 3.05) is 12.4 Å². The fourth-order valence-corrected chi connectivity index (χ4v) is 3.34. The molecule has 1 aliphatic heterocycles. The molecule has 1 aliphatic rings. The van der Waals surface area contributed by atoms with E-state index in [1.54, 1.807) is 18.3 Å². The molecule has 2 aromatic carbocycles. The van der Waals surface area contributed by atoms with Crippen LogP contribution in [0.1, 0.15) is 23.5 Å². The van der Waals surface area contributed by atoms with Gasteiger partial charge >= 0.3 is 0 Å². The van der Waals surface area contributed by atoms with Gasteiger partial charge < -0.3 is 15.2 Å². The molecule has 1 atom stereocenters. The van der Waals surface area contributed by atoms with Gasteiger partial charge in [0.25, 0.3) is 0 Å². The summed E-state index contributed by atoms with van der Waals surface area (Å²) in [6, 6.07) is 13.2. The van der Waals surface area contributed by atoms with E-state index in [0.717, 1.165) is 22.0 Å². The second-order valence-corrected chi connectivity index (χ2v) is 5.83. The van der Waals surface area contributed by atoms with Crippen molar-refractivity contribution in [1.29, 1.82) is 0 Å². The molecule has 1 aromatic heterocycles. The molecule has 0 spiro atoms. The number of aromatic nitrogens is 1. The van der Waals surface area contributed by atoms with Crippen molar-refractivity contribution in [2.24, 2.45) is 0 Å². The summed E-state index contributed by atoms with van der Waals surface area (Å²) in [5.74, 6) is 0.221. The Bertz CT molecular complexity index is 947. The van der Waals surface area contributed by atoms with E-state index in [9.17, 15) is 9.90 Å². The second kappa shape index (κ2) is 5.53. The van der Waals surface area contributed by atoms with Crippen LogP contribution in [0.5, 0.6) is 11.5 Å². The molecule has 2 N–H and O–H groups in total. The number of nitrogens with zero attached hydrogens (tertiary/aromatic N) is 1. The quantitative estimate of drug-likeness (QED) is 0.759. The van der Waals surface area contributed by atoms with Crippen LogP contribution in [0.4, 0.5) is 5.69 Å². The number of hydrogen-bond donors (Lipinski definition) is 2. The van der Waals surface area contributed by atoms with Crippen LogP contribution in [0.15, 0.2) is 48.7 Å². The fraction of sp³-hybridized carbons (Fsp3) is 0.158. The second-order valence-electron chi connectivity index (χ2n) is 5.83. The zero-order valence-electron chi connectivity index (χ0n) is 13.1. The van der Waals surface area contributed by atoms with Crippen LogP contribution in [-0.2, 0) is 4.79 Å². The van der Waals surface area contributed by atoms with E-state index in [4.69, 9.17) is 4.74 Å². The monoisotopic (exact) mass is 320 g/mol. The highest BCUT2D eigenvalue weighted by Gasteiger charge is 2.29. The van der Waals surface area contributed by atoms with Crippen molar-refractivity contribution in [3.63, 3.8) is 0 Å². The fourth-order valence-electron chi connectivity index (χ4n) is 3.34. The smallest absolute Gasteiger partial charge is 0.225 e. The molecule has 4 rings (SSSR count). The number of phenolic OH excluding ortho intramolecular Hbond substituents is 1. The lowest BCUT2D eigenvalue weighted by atomic mass is 9.83. The van der Waals surface area contributed by atoms with Crippen LogP contribution in [-0.4, -0.2) is 23.1 Å². The van der Waals surface area contributed by atoms with Crippen molar-refractivity contribution in [2.45, 2.75) is 12.3 Å². The summed E-state index contributed by atoms with van der Waals surface area (Å²) >= 11 is 0. The van der Waals surface area contributed by atoms with E-state index >= 15 is 0 Å². The Morgan fingerprint density at radius 2 is 2.04 bits per heavy atom. The first-order chi connectivity index (χ1) is 11.7. The van der Waals surface area contributed by atoms with E-state index in [0.29, 0.717) is 17.9 Å². The summed E-state index contributed by atoms with van der Waals surface area (Å²) in [4.78, 5) is 16.6. The van der Waals surface area contributed by atoms with E-state index in [1.807, 2.05) is 30.3 Å². The van der Waals surface area contributed by atoms with E-state index < -0.39 is 0 Å². The van der Waals surface area contributed by atoms with E-state index in [1.165, 1.54) is 7.11 Å². The lowest BCUT2D eigenvalue weighted by Crippen LogP contribution is -2.23. The van der Waals surface area contributed by atoms with Gasteiger partial charge in [0.1, 0.15) is 0 Å². The Morgan fingerprint density at radius 3 is 2.88 bits per heavy atom. The summed E-state index contributed by atoms with van der Waals surface area (Å²) in [6.45, 7) is 0. The maximum Gasteiger partial charge on any atom is 0.225 e. The number of phenols is 1. The predicted molar refractivity (Wildman–Crippen MR) is 91.5 cm³/mol. The van der Waals surface area contributed by atoms with Gasteiger partial charge in [-0.05, 0) is 29.3 Å².